The van der Waals surface area contributed by atoms with Crippen LogP contribution in [0.5, 0.6) is 0 Å². The maximum Gasteiger partial charge on any atom is 0.278 e. The van der Waals surface area contributed by atoms with Gasteiger partial charge in [-0.15, -0.1) is 16.4 Å². The number of hydrogen-bond donors (Lipinski definition) is 1. The van der Waals surface area contributed by atoms with Gasteiger partial charge in [0, 0.05) is 11.4 Å². The number of nitrogens with one attached hydrogen (secondary N) is 1. The normalized spacial score (nSPS) is 10.7. The van der Waals surface area contributed by atoms with Crippen LogP contribution in [-0.4, -0.2) is 27.4 Å². The van der Waals surface area contributed by atoms with Crippen molar-refractivity contribution in [3.8, 4) is 0 Å². The summed E-state index contributed by atoms with van der Waals surface area (Å²) in [5.74, 6) is -0.247. The van der Waals surface area contributed by atoms with Crippen LogP contribution in [0.15, 0.2) is 46.6 Å². The summed E-state index contributed by atoms with van der Waals surface area (Å²) >= 11 is 1.65. The molecule has 2 aromatic heterocycles. The van der Waals surface area contributed by atoms with Gasteiger partial charge in [0.25, 0.3) is 5.56 Å². The van der Waals surface area contributed by atoms with Gasteiger partial charge in [0.1, 0.15) is 12.1 Å². The molecule has 3 aromatic rings. The van der Waals surface area contributed by atoms with E-state index in [0.717, 1.165) is 11.1 Å². The molecule has 6 nitrogen and oxygen atoms in total. The monoisotopic (exact) mass is 314 g/mol. The molecular formula is C15H14N4O2S. The minimum Gasteiger partial charge on any atom is -0.354 e. The van der Waals surface area contributed by atoms with E-state index < -0.39 is 0 Å². The van der Waals surface area contributed by atoms with Crippen LogP contribution < -0.4 is 10.9 Å². The third-order valence-corrected chi connectivity index (χ3v) is 4.13. The molecule has 2 heterocycles. The fourth-order valence-electron chi connectivity index (χ4n) is 2.10. The highest BCUT2D eigenvalue weighted by atomic mass is 32.1. The maximum atomic E-state index is 12.2. The second kappa shape index (κ2) is 6.48. The number of carbonyl (C=O) groups excluding carboxylic acids is 1. The van der Waals surface area contributed by atoms with Crippen LogP contribution >= 0.6 is 11.3 Å². The van der Waals surface area contributed by atoms with E-state index in [1.54, 1.807) is 35.6 Å². The average molecular weight is 314 g/mol. The van der Waals surface area contributed by atoms with E-state index in [4.69, 9.17) is 0 Å². The fourth-order valence-corrected chi connectivity index (χ4v) is 2.81. The molecule has 0 radical (unpaired) electrons. The van der Waals surface area contributed by atoms with Gasteiger partial charge in [-0.1, -0.05) is 23.4 Å². The van der Waals surface area contributed by atoms with Gasteiger partial charge in [-0.3, -0.25) is 9.59 Å². The number of fused-ring (bicyclic) bond motifs is 1. The first kappa shape index (κ1) is 14.4. The van der Waals surface area contributed by atoms with E-state index in [-0.39, 0.29) is 18.0 Å². The van der Waals surface area contributed by atoms with Crippen LogP contribution in [-0.2, 0) is 17.8 Å². The molecule has 0 saturated heterocycles. The molecular weight excluding hydrogens is 300 g/mol. The number of carbonyl (C=O) groups is 1. The predicted molar refractivity (Wildman–Crippen MR) is 84.8 cm³/mol. The predicted octanol–water partition coefficient (Wildman–Crippen LogP) is 1.21. The largest absolute Gasteiger partial charge is 0.354 e. The molecule has 3 rings (SSSR count). The van der Waals surface area contributed by atoms with Crippen molar-refractivity contribution in [2.24, 2.45) is 0 Å². The molecule has 0 fully saturated rings. The molecule has 0 unspecified atom stereocenters. The average Bonchev–Trinajstić information content (AvgIpc) is 3.04. The van der Waals surface area contributed by atoms with E-state index in [9.17, 15) is 9.59 Å². The van der Waals surface area contributed by atoms with Crippen molar-refractivity contribution in [1.82, 2.24) is 20.3 Å². The number of nitrogens with zero attached hydrogens (tertiary/aromatic N) is 3. The van der Waals surface area contributed by atoms with Crippen molar-refractivity contribution in [2.75, 3.05) is 6.54 Å². The molecule has 0 bridgehead atoms. The van der Waals surface area contributed by atoms with Crippen molar-refractivity contribution in [3.63, 3.8) is 0 Å². The summed E-state index contributed by atoms with van der Waals surface area (Å²) in [7, 11) is 0. The van der Waals surface area contributed by atoms with E-state index in [1.807, 2.05) is 17.5 Å². The Kier molecular flexibility index (Phi) is 4.24. The number of thiophene rings is 1. The van der Waals surface area contributed by atoms with Gasteiger partial charge in [-0.25, -0.2) is 4.68 Å². The Morgan fingerprint density at radius 2 is 2.09 bits per heavy atom. The van der Waals surface area contributed by atoms with Crippen molar-refractivity contribution in [3.05, 3.63) is 57.0 Å². The molecule has 0 aliphatic heterocycles. The molecule has 7 heteroatoms. The second-order valence-corrected chi connectivity index (χ2v) is 5.78. The number of benzene rings is 1. The number of aromatic nitrogens is 3. The molecule has 0 atom stereocenters. The van der Waals surface area contributed by atoms with E-state index in [0.29, 0.717) is 17.4 Å². The van der Waals surface area contributed by atoms with Gasteiger partial charge in [-0.05, 0) is 30.0 Å². The van der Waals surface area contributed by atoms with E-state index in [2.05, 4.69) is 15.6 Å². The van der Waals surface area contributed by atoms with Gasteiger partial charge < -0.3 is 5.32 Å². The minimum atomic E-state index is -0.306. The SMILES string of the molecule is O=C(Cn1nnc2ccccc2c1=O)NCCc1cccs1. The van der Waals surface area contributed by atoms with Crippen molar-refractivity contribution in [1.29, 1.82) is 0 Å². The zero-order valence-corrected chi connectivity index (χ0v) is 12.5. The Morgan fingerprint density at radius 3 is 2.91 bits per heavy atom. The highest BCUT2D eigenvalue weighted by Gasteiger charge is 2.09. The minimum absolute atomic E-state index is 0.124. The summed E-state index contributed by atoms with van der Waals surface area (Å²) in [6.07, 6.45) is 0.779. The summed E-state index contributed by atoms with van der Waals surface area (Å²) in [4.78, 5) is 25.3. The topological polar surface area (TPSA) is 76.9 Å². The van der Waals surface area contributed by atoms with Crippen LogP contribution in [0, 0.1) is 0 Å². The first-order valence-electron chi connectivity index (χ1n) is 6.85. The zero-order chi connectivity index (χ0) is 15.4. The molecule has 0 aliphatic rings. The molecule has 0 aliphatic carbocycles. The third-order valence-electron chi connectivity index (χ3n) is 3.20. The summed E-state index contributed by atoms with van der Waals surface area (Å²) in [6, 6.07) is 10.9. The smallest absolute Gasteiger partial charge is 0.278 e. The lowest BCUT2D eigenvalue weighted by molar-refractivity contribution is -0.121. The van der Waals surface area contributed by atoms with Gasteiger partial charge in [0.05, 0.1) is 5.39 Å². The quantitative estimate of drug-likeness (QED) is 0.768. The zero-order valence-electron chi connectivity index (χ0n) is 11.7. The highest BCUT2D eigenvalue weighted by molar-refractivity contribution is 7.09. The lowest BCUT2D eigenvalue weighted by atomic mass is 10.2. The van der Waals surface area contributed by atoms with Crippen molar-refractivity contribution >= 4 is 28.1 Å². The van der Waals surface area contributed by atoms with Crippen molar-refractivity contribution in [2.45, 2.75) is 13.0 Å². The van der Waals surface area contributed by atoms with Crippen LogP contribution in [0.2, 0.25) is 0 Å². The lowest BCUT2D eigenvalue weighted by Gasteiger charge is -2.06. The third kappa shape index (κ3) is 3.20. The molecule has 1 amide bonds. The summed E-state index contributed by atoms with van der Waals surface area (Å²) in [5, 5.41) is 13.0. The molecule has 22 heavy (non-hydrogen) atoms. The molecule has 112 valence electrons. The first-order valence-corrected chi connectivity index (χ1v) is 7.73. The summed E-state index contributed by atoms with van der Waals surface area (Å²) < 4.78 is 1.09. The maximum absolute atomic E-state index is 12.2. The standard InChI is InChI=1S/C15H14N4O2S/c20-14(16-8-7-11-4-3-9-22-11)10-19-15(21)12-5-1-2-6-13(12)17-18-19/h1-6,9H,7-8,10H2,(H,16,20). The molecule has 1 aromatic carbocycles. The molecule has 0 spiro atoms. The Labute approximate surface area is 130 Å². The molecule has 1 N–H and O–H groups in total. The highest BCUT2D eigenvalue weighted by Crippen LogP contribution is 2.08. The number of hydrogen-bond acceptors (Lipinski definition) is 5. The Bertz CT molecular complexity index is 842. The van der Waals surface area contributed by atoms with Gasteiger partial charge >= 0.3 is 0 Å². The van der Waals surface area contributed by atoms with Crippen LogP contribution in [0.3, 0.4) is 0 Å². The number of rotatable bonds is 5. The van der Waals surface area contributed by atoms with Crippen molar-refractivity contribution < 1.29 is 4.79 Å². The Morgan fingerprint density at radius 1 is 1.23 bits per heavy atom. The second-order valence-electron chi connectivity index (χ2n) is 4.75. The van der Waals surface area contributed by atoms with Crippen LogP contribution in [0.1, 0.15) is 4.88 Å². The molecule has 0 saturated carbocycles. The van der Waals surface area contributed by atoms with Gasteiger partial charge in [0.15, 0.2) is 0 Å². The fraction of sp³-hybridized carbons (Fsp3) is 0.200. The van der Waals surface area contributed by atoms with E-state index >= 15 is 0 Å². The first-order chi connectivity index (χ1) is 10.7. The summed E-state index contributed by atoms with van der Waals surface area (Å²) in [5.41, 5.74) is 0.223. The lowest BCUT2D eigenvalue weighted by Crippen LogP contribution is -2.35. The van der Waals surface area contributed by atoms with Crippen LogP contribution in [0.25, 0.3) is 10.9 Å². The van der Waals surface area contributed by atoms with Gasteiger partial charge in [-0.2, -0.15) is 0 Å². The number of amides is 1. The summed E-state index contributed by atoms with van der Waals surface area (Å²) in [6.45, 7) is 0.413. The van der Waals surface area contributed by atoms with Gasteiger partial charge in [0.2, 0.25) is 5.91 Å². The Balaban J connectivity index is 1.64. The van der Waals surface area contributed by atoms with E-state index in [1.165, 1.54) is 4.88 Å². The Hall–Kier alpha value is -2.54. The van der Waals surface area contributed by atoms with Crippen LogP contribution in [0.4, 0.5) is 0 Å².